The highest BCUT2D eigenvalue weighted by molar-refractivity contribution is 6.19. The summed E-state index contributed by atoms with van der Waals surface area (Å²) in [6, 6.07) is 10.4. The summed E-state index contributed by atoms with van der Waals surface area (Å²) in [4.78, 5) is 0. The number of hydrogen-bond acceptors (Lipinski definition) is 2. The molecule has 0 spiro atoms. The number of hydrogen-bond donors (Lipinski definition) is 0. The van der Waals surface area contributed by atoms with Crippen LogP contribution in [0.3, 0.4) is 0 Å². The molecule has 0 aromatic heterocycles. The topological polar surface area (TPSA) is 21.6 Å². The molecule has 0 aliphatic carbocycles. The van der Waals surface area contributed by atoms with Gasteiger partial charge in [-0.05, 0) is 25.3 Å². The normalized spacial score (nSPS) is 11.5. The van der Waals surface area contributed by atoms with E-state index in [0.717, 1.165) is 19.3 Å². The van der Waals surface area contributed by atoms with Crippen LogP contribution in [0.2, 0.25) is 0 Å². The van der Waals surface area contributed by atoms with Crippen molar-refractivity contribution in [2.24, 2.45) is 4.51 Å². The Morgan fingerprint density at radius 1 is 1.33 bits per heavy atom. The molecule has 0 radical (unpaired) electrons. The summed E-state index contributed by atoms with van der Waals surface area (Å²) in [5.74, 6) is 0.634. The Labute approximate surface area is 96.0 Å². The van der Waals surface area contributed by atoms with Crippen LogP contribution < -0.4 is 0 Å². The number of aryl methyl sites for hydroxylation is 1. The number of nitrogens with zero attached hydrogens (tertiary/aromatic N) is 1. The van der Waals surface area contributed by atoms with Crippen LogP contribution in [0.4, 0.5) is 0 Å². The maximum Gasteiger partial charge on any atom is 0.200 e. The highest BCUT2D eigenvalue weighted by atomic mass is 35.5. The van der Waals surface area contributed by atoms with E-state index in [1.54, 1.807) is 0 Å². The van der Waals surface area contributed by atoms with Gasteiger partial charge in [-0.1, -0.05) is 30.3 Å². The zero-order valence-electron chi connectivity index (χ0n) is 8.95. The average Bonchev–Trinajstić information content (AvgIpc) is 2.29. The van der Waals surface area contributed by atoms with Crippen LogP contribution in [0.25, 0.3) is 0 Å². The van der Waals surface area contributed by atoms with Crippen molar-refractivity contribution in [2.75, 3.05) is 6.61 Å². The minimum absolute atomic E-state index is 0.622. The number of ether oxygens (including phenoxy) is 1. The Kier molecular flexibility index (Phi) is 5.86. The standard InChI is InChI=1S/C12H16ClNO/c1-2-15-12(14-13)10-6-9-11-7-4-3-5-8-11/h3-5,7-8H,2,6,9-10H2,1H3. The third-order valence-electron chi connectivity index (χ3n) is 2.10. The smallest absolute Gasteiger partial charge is 0.200 e. The summed E-state index contributed by atoms with van der Waals surface area (Å²) in [6.45, 7) is 2.55. The molecular formula is C12H16ClNO. The summed E-state index contributed by atoms with van der Waals surface area (Å²) < 4.78 is 8.82. The lowest BCUT2D eigenvalue weighted by Gasteiger charge is -2.05. The molecule has 0 saturated carbocycles. The van der Waals surface area contributed by atoms with Gasteiger partial charge in [0.15, 0.2) is 0 Å². The van der Waals surface area contributed by atoms with Crippen LogP contribution in [0, 0.1) is 0 Å². The monoisotopic (exact) mass is 225 g/mol. The number of rotatable bonds is 5. The molecule has 0 amide bonds. The van der Waals surface area contributed by atoms with Crippen molar-refractivity contribution in [3.63, 3.8) is 0 Å². The molecule has 15 heavy (non-hydrogen) atoms. The zero-order chi connectivity index (χ0) is 10.9. The van der Waals surface area contributed by atoms with Crippen LogP contribution in [0.5, 0.6) is 0 Å². The molecule has 0 aliphatic heterocycles. The first-order chi connectivity index (χ1) is 7.36. The second-order valence-electron chi connectivity index (χ2n) is 3.25. The fraction of sp³-hybridized carbons (Fsp3) is 0.417. The summed E-state index contributed by atoms with van der Waals surface area (Å²) in [6.07, 6.45) is 2.84. The molecule has 0 atom stereocenters. The molecule has 0 unspecified atom stereocenters. The molecule has 3 heteroatoms. The molecule has 1 aromatic carbocycles. The van der Waals surface area contributed by atoms with Crippen molar-refractivity contribution in [2.45, 2.75) is 26.2 Å². The van der Waals surface area contributed by atoms with E-state index in [1.807, 2.05) is 13.0 Å². The van der Waals surface area contributed by atoms with Crippen molar-refractivity contribution in [1.29, 1.82) is 0 Å². The van der Waals surface area contributed by atoms with Crippen LogP contribution in [-0.4, -0.2) is 12.5 Å². The molecule has 0 bridgehead atoms. The van der Waals surface area contributed by atoms with Gasteiger partial charge in [-0.15, -0.1) is 4.51 Å². The predicted octanol–water partition coefficient (Wildman–Crippen LogP) is 3.60. The second-order valence-corrected chi connectivity index (χ2v) is 3.42. The van der Waals surface area contributed by atoms with E-state index in [1.165, 1.54) is 5.56 Å². The highest BCUT2D eigenvalue weighted by Crippen LogP contribution is 2.06. The Hall–Kier alpha value is -1.02. The van der Waals surface area contributed by atoms with E-state index in [2.05, 4.69) is 28.8 Å². The van der Waals surface area contributed by atoms with Crippen molar-refractivity contribution in [3.05, 3.63) is 35.9 Å². The lowest BCUT2D eigenvalue weighted by molar-refractivity contribution is 0.317. The Bertz CT molecular complexity index is 298. The fourth-order valence-corrected chi connectivity index (χ4v) is 1.53. The molecule has 82 valence electrons. The lowest BCUT2D eigenvalue weighted by Crippen LogP contribution is -2.04. The third kappa shape index (κ3) is 4.84. The van der Waals surface area contributed by atoms with Gasteiger partial charge in [0.2, 0.25) is 5.90 Å². The van der Waals surface area contributed by atoms with Crippen LogP contribution >= 0.6 is 11.8 Å². The fourth-order valence-electron chi connectivity index (χ4n) is 1.39. The maximum absolute atomic E-state index is 5.39. The Morgan fingerprint density at radius 2 is 2.07 bits per heavy atom. The molecule has 2 nitrogen and oxygen atoms in total. The summed E-state index contributed by atoms with van der Waals surface area (Å²) in [7, 11) is 0. The molecule has 0 fully saturated rings. The van der Waals surface area contributed by atoms with Crippen LogP contribution in [0.15, 0.2) is 34.8 Å². The van der Waals surface area contributed by atoms with Gasteiger partial charge in [0.1, 0.15) is 0 Å². The minimum Gasteiger partial charge on any atom is -0.480 e. The van der Waals surface area contributed by atoms with Crippen molar-refractivity contribution in [3.8, 4) is 0 Å². The van der Waals surface area contributed by atoms with Crippen molar-refractivity contribution < 1.29 is 4.74 Å². The van der Waals surface area contributed by atoms with E-state index < -0.39 is 0 Å². The lowest BCUT2D eigenvalue weighted by atomic mass is 10.1. The quantitative estimate of drug-likeness (QED) is 0.554. The molecule has 0 saturated heterocycles. The molecular weight excluding hydrogens is 210 g/mol. The first-order valence-electron chi connectivity index (χ1n) is 5.21. The average molecular weight is 226 g/mol. The molecule has 0 heterocycles. The van der Waals surface area contributed by atoms with Gasteiger partial charge in [0.25, 0.3) is 0 Å². The largest absolute Gasteiger partial charge is 0.480 e. The SMILES string of the molecule is CCOC(CCCc1ccccc1)=NCl. The van der Waals surface area contributed by atoms with Gasteiger partial charge in [-0.3, -0.25) is 0 Å². The summed E-state index contributed by atoms with van der Waals surface area (Å²) in [5, 5.41) is 0. The van der Waals surface area contributed by atoms with Crippen molar-refractivity contribution >= 4 is 17.7 Å². The predicted molar refractivity (Wildman–Crippen MR) is 64.3 cm³/mol. The summed E-state index contributed by atoms with van der Waals surface area (Å²) >= 11 is 5.39. The van der Waals surface area contributed by atoms with E-state index in [-0.39, 0.29) is 0 Å². The zero-order valence-corrected chi connectivity index (χ0v) is 9.70. The molecule has 1 aromatic rings. The van der Waals surface area contributed by atoms with E-state index in [0.29, 0.717) is 12.5 Å². The first-order valence-corrected chi connectivity index (χ1v) is 5.55. The Morgan fingerprint density at radius 3 is 2.67 bits per heavy atom. The van der Waals surface area contributed by atoms with Gasteiger partial charge >= 0.3 is 0 Å². The van der Waals surface area contributed by atoms with Crippen molar-refractivity contribution in [1.82, 2.24) is 0 Å². The van der Waals surface area contributed by atoms with Crippen LogP contribution in [0.1, 0.15) is 25.3 Å². The van der Waals surface area contributed by atoms with E-state index in [4.69, 9.17) is 16.5 Å². The van der Waals surface area contributed by atoms with Gasteiger partial charge in [0.05, 0.1) is 6.61 Å². The molecule has 0 N–H and O–H groups in total. The molecule has 1 rings (SSSR count). The first kappa shape index (κ1) is 12.1. The van der Waals surface area contributed by atoms with Gasteiger partial charge in [-0.2, -0.15) is 0 Å². The summed E-state index contributed by atoms with van der Waals surface area (Å²) in [5.41, 5.74) is 1.34. The second kappa shape index (κ2) is 7.30. The maximum atomic E-state index is 5.39. The highest BCUT2D eigenvalue weighted by Gasteiger charge is 1.99. The van der Waals surface area contributed by atoms with E-state index in [9.17, 15) is 0 Å². The Balaban J connectivity index is 2.27. The number of benzene rings is 1. The third-order valence-corrected chi connectivity index (χ3v) is 2.29. The van der Waals surface area contributed by atoms with Crippen LogP contribution in [-0.2, 0) is 11.2 Å². The van der Waals surface area contributed by atoms with Gasteiger partial charge in [0, 0.05) is 18.2 Å². The van der Waals surface area contributed by atoms with E-state index >= 15 is 0 Å². The minimum atomic E-state index is 0.622. The van der Waals surface area contributed by atoms with Gasteiger partial charge in [-0.25, -0.2) is 0 Å². The molecule has 0 aliphatic rings. The van der Waals surface area contributed by atoms with Gasteiger partial charge < -0.3 is 4.74 Å². The number of halogens is 1.